The Labute approximate surface area is 93.0 Å². The minimum atomic E-state index is 0.0682. The summed E-state index contributed by atoms with van der Waals surface area (Å²) in [5, 5.41) is 6.30. The zero-order chi connectivity index (χ0) is 11.1. The summed E-state index contributed by atoms with van der Waals surface area (Å²) in [7, 11) is 0. The Morgan fingerprint density at radius 3 is 2.93 bits per heavy atom. The van der Waals surface area contributed by atoms with E-state index in [1.807, 2.05) is 0 Å². The third-order valence-corrected chi connectivity index (χ3v) is 3.01. The molecule has 0 spiro atoms. The van der Waals surface area contributed by atoms with E-state index in [0.29, 0.717) is 6.04 Å². The summed E-state index contributed by atoms with van der Waals surface area (Å²) in [5.74, 6) is 0.191. The third-order valence-electron chi connectivity index (χ3n) is 3.01. The Bertz CT molecular complexity index is 188. The highest BCUT2D eigenvalue weighted by molar-refractivity contribution is 5.82. The first-order valence-electron chi connectivity index (χ1n) is 6.27. The molecule has 2 N–H and O–H groups in total. The number of carbonyl (C=O) groups excluding carboxylic acids is 1. The highest BCUT2D eigenvalue weighted by Crippen LogP contribution is 2.07. The summed E-state index contributed by atoms with van der Waals surface area (Å²) < 4.78 is 0. The van der Waals surface area contributed by atoms with E-state index in [0.717, 1.165) is 25.8 Å². The summed E-state index contributed by atoms with van der Waals surface area (Å²) >= 11 is 0. The fourth-order valence-electron chi connectivity index (χ4n) is 2.02. The van der Waals surface area contributed by atoms with Crippen molar-refractivity contribution in [3.05, 3.63) is 0 Å². The van der Waals surface area contributed by atoms with E-state index >= 15 is 0 Å². The van der Waals surface area contributed by atoms with Gasteiger partial charge in [-0.25, -0.2) is 0 Å². The Hall–Kier alpha value is -0.570. The monoisotopic (exact) mass is 212 g/mol. The predicted octanol–water partition coefficient (Wildman–Crippen LogP) is 1.82. The van der Waals surface area contributed by atoms with Crippen molar-refractivity contribution >= 4 is 5.91 Å². The molecule has 0 aromatic carbocycles. The molecule has 0 aromatic rings. The summed E-state index contributed by atoms with van der Waals surface area (Å²) in [6.45, 7) is 5.29. The van der Waals surface area contributed by atoms with Crippen LogP contribution < -0.4 is 10.6 Å². The van der Waals surface area contributed by atoms with E-state index in [1.54, 1.807) is 0 Å². The average Bonchev–Trinajstić information content (AvgIpc) is 2.70. The molecule has 0 bridgehead atoms. The van der Waals surface area contributed by atoms with Crippen LogP contribution in [0.15, 0.2) is 0 Å². The Morgan fingerprint density at radius 1 is 1.53 bits per heavy atom. The number of rotatable bonds is 6. The number of unbranched alkanes of at least 4 members (excludes halogenated alkanes) is 2. The first-order chi connectivity index (χ1) is 7.24. The van der Waals surface area contributed by atoms with Gasteiger partial charge in [-0.2, -0.15) is 0 Å². The van der Waals surface area contributed by atoms with Gasteiger partial charge in [0.05, 0.1) is 6.04 Å². The maximum atomic E-state index is 11.7. The van der Waals surface area contributed by atoms with Gasteiger partial charge in [-0.05, 0) is 32.7 Å². The molecule has 0 saturated carbocycles. The van der Waals surface area contributed by atoms with Crippen LogP contribution in [0.4, 0.5) is 0 Å². The number of amides is 1. The topological polar surface area (TPSA) is 41.1 Å². The second kappa shape index (κ2) is 6.83. The minimum absolute atomic E-state index is 0.0682. The Morgan fingerprint density at radius 2 is 2.33 bits per heavy atom. The van der Waals surface area contributed by atoms with Crippen molar-refractivity contribution < 1.29 is 4.79 Å². The molecule has 0 aliphatic carbocycles. The lowest BCUT2D eigenvalue weighted by molar-refractivity contribution is -0.123. The van der Waals surface area contributed by atoms with Crippen LogP contribution in [0.25, 0.3) is 0 Å². The van der Waals surface area contributed by atoms with Crippen LogP contribution in [0, 0.1) is 0 Å². The van der Waals surface area contributed by atoms with Gasteiger partial charge in [-0.15, -0.1) is 0 Å². The summed E-state index contributed by atoms with van der Waals surface area (Å²) in [6, 6.07) is 0.394. The average molecular weight is 212 g/mol. The van der Waals surface area contributed by atoms with Gasteiger partial charge in [0.1, 0.15) is 0 Å². The van der Waals surface area contributed by atoms with Crippen LogP contribution in [0.3, 0.4) is 0 Å². The molecule has 1 unspecified atom stereocenters. The molecule has 1 heterocycles. The molecule has 3 nitrogen and oxygen atoms in total. The summed E-state index contributed by atoms with van der Waals surface area (Å²) in [4.78, 5) is 11.7. The smallest absolute Gasteiger partial charge is 0.237 e. The quantitative estimate of drug-likeness (QED) is 0.659. The lowest BCUT2D eigenvalue weighted by Gasteiger charge is -2.17. The van der Waals surface area contributed by atoms with Gasteiger partial charge in [0.25, 0.3) is 0 Å². The molecule has 1 rings (SSSR count). The molecule has 0 radical (unpaired) electrons. The van der Waals surface area contributed by atoms with E-state index in [2.05, 4.69) is 24.5 Å². The molecule has 1 fully saturated rings. The molecule has 3 heteroatoms. The number of nitrogens with one attached hydrogen (secondary N) is 2. The number of hydrogen-bond acceptors (Lipinski definition) is 2. The molecule has 0 aromatic heterocycles. The maximum absolute atomic E-state index is 11.7. The largest absolute Gasteiger partial charge is 0.352 e. The fraction of sp³-hybridized carbons (Fsp3) is 0.917. The zero-order valence-corrected chi connectivity index (χ0v) is 10.0. The first-order valence-corrected chi connectivity index (χ1v) is 6.27. The Kier molecular flexibility index (Phi) is 5.69. The van der Waals surface area contributed by atoms with Crippen molar-refractivity contribution in [1.29, 1.82) is 0 Å². The molecule has 15 heavy (non-hydrogen) atoms. The predicted molar refractivity (Wildman–Crippen MR) is 62.8 cm³/mol. The number of carbonyl (C=O) groups is 1. The van der Waals surface area contributed by atoms with Crippen molar-refractivity contribution in [2.45, 2.75) is 64.5 Å². The van der Waals surface area contributed by atoms with E-state index in [4.69, 9.17) is 0 Å². The highest BCUT2D eigenvalue weighted by atomic mass is 16.2. The molecule has 1 amide bonds. The van der Waals surface area contributed by atoms with Gasteiger partial charge in [0, 0.05) is 6.04 Å². The third kappa shape index (κ3) is 4.65. The van der Waals surface area contributed by atoms with Crippen molar-refractivity contribution in [3.8, 4) is 0 Å². The Balaban J connectivity index is 2.13. The second-order valence-corrected chi connectivity index (χ2v) is 4.55. The van der Waals surface area contributed by atoms with Crippen LogP contribution in [0.1, 0.15) is 52.4 Å². The molecular weight excluding hydrogens is 188 g/mol. The zero-order valence-electron chi connectivity index (χ0n) is 10.0. The van der Waals surface area contributed by atoms with Gasteiger partial charge in [-0.3, -0.25) is 4.79 Å². The van der Waals surface area contributed by atoms with Crippen molar-refractivity contribution in [1.82, 2.24) is 10.6 Å². The van der Waals surface area contributed by atoms with E-state index in [1.165, 1.54) is 19.3 Å². The van der Waals surface area contributed by atoms with Crippen LogP contribution in [0.5, 0.6) is 0 Å². The van der Waals surface area contributed by atoms with E-state index in [-0.39, 0.29) is 11.9 Å². The van der Waals surface area contributed by atoms with Gasteiger partial charge < -0.3 is 10.6 Å². The van der Waals surface area contributed by atoms with E-state index in [9.17, 15) is 4.79 Å². The standard InChI is InChI=1S/C12H24N2O/c1-3-4-5-7-10(2)14-12(15)11-8-6-9-13-11/h10-11,13H,3-9H2,1-2H3,(H,14,15)/t10?,11-/m0/s1. The fourth-order valence-corrected chi connectivity index (χ4v) is 2.02. The van der Waals surface area contributed by atoms with E-state index < -0.39 is 0 Å². The van der Waals surface area contributed by atoms with Crippen LogP contribution >= 0.6 is 0 Å². The lowest BCUT2D eigenvalue weighted by Crippen LogP contribution is -2.44. The van der Waals surface area contributed by atoms with Crippen LogP contribution in [-0.2, 0) is 4.79 Å². The second-order valence-electron chi connectivity index (χ2n) is 4.55. The SMILES string of the molecule is CCCCCC(C)NC(=O)[C@@H]1CCCN1. The molecular formula is C12H24N2O. The van der Waals surface area contributed by atoms with Crippen molar-refractivity contribution in [2.24, 2.45) is 0 Å². The van der Waals surface area contributed by atoms with Crippen molar-refractivity contribution in [3.63, 3.8) is 0 Å². The van der Waals surface area contributed by atoms with Crippen LogP contribution in [0.2, 0.25) is 0 Å². The summed E-state index contributed by atoms with van der Waals surface area (Å²) in [6.07, 6.45) is 6.95. The van der Waals surface area contributed by atoms with Gasteiger partial charge in [0.15, 0.2) is 0 Å². The van der Waals surface area contributed by atoms with Gasteiger partial charge in [0.2, 0.25) is 5.91 Å². The minimum Gasteiger partial charge on any atom is -0.352 e. The number of hydrogen-bond donors (Lipinski definition) is 2. The molecule has 1 aliphatic rings. The molecule has 1 saturated heterocycles. The maximum Gasteiger partial charge on any atom is 0.237 e. The first kappa shape index (κ1) is 12.5. The highest BCUT2D eigenvalue weighted by Gasteiger charge is 2.22. The summed E-state index contributed by atoms with van der Waals surface area (Å²) in [5.41, 5.74) is 0. The van der Waals surface area contributed by atoms with Gasteiger partial charge in [-0.1, -0.05) is 26.2 Å². The molecule has 2 atom stereocenters. The normalized spacial score (nSPS) is 22.7. The van der Waals surface area contributed by atoms with Crippen molar-refractivity contribution in [2.75, 3.05) is 6.54 Å². The molecule has 1 aliphatic heterocycles. The van der Waals surface area contributed by atoms with Crippen LogP contribution in [-0.4, -0.2) is 24.5 Å². The lowest BCUT2D eigenvalue weighted by atomic mass is 10.1. The molecule has 88 valence electrons. The van der Waals surface area contributed by atoms with Gasteiger partial charge >= 0.3 is 0 Å².